The Morgan fingerprint density at radius 3 is 1.62 bits per heavy atom. The van der Waals surface area contributed by atoms with Gasteiger partial charge in [-0.2, -0.15) is 14.0 Å². The summed E-state index contributed by atoms with van der Waals surface area (Å²) in [5, 5.41) is 2.76. The third-order valence-corrected chi connectivity index (χ3v) is 8.32. The number of fused-ring (bicyclic) bond motifs is 4. The van der Waals surface area contributed by atoms with Gasteiger partial charge in [0, 0.05) is 30.2 Å². The quantitative estimate of drug-likeness (QED) is 0.238. The number of pyridine rings is 2. The summed E-state index contributed by atoms with van der Waals surface area (Å²) < 4.78 is 5.00. The van der Waals surface area contributed by atoms with Gasteiger partial charge >= 0.3 is 0 Å². The fraction of sp³-hybridized carbons (Fsp3) is 0.0667. The van der Waals surface area contributed by atoms with Crippen molar-refractivity contribution in [1.82, 2.24) is 0 Å². The molecule has 4 heterocycles. The van der Waals surface area contributed by atoms with Crippen LogP contribution in [-0.2, 0) is 0 Å². The Hall–Kier alpha value is -3.81. The van der Waals surface area contributed by atoms with Crippen LogP contribution in [0.25, 0.3) is 22.5 Å². The number of rotatable bonds is 1. The molecule has 0 spiro atoms. The number of nitrogens with zero attached hydrogens (tertiary/aromatic N) is 3. The van der Waals surface area contributed by atoms with E-state index >= 15 is 0 Å². The summed E-state index contributed by atoms with van der Waals surface area (Å²) >= 11 is 0. The second-order valence-electron chi connectivity index (χ2n) is 8.80. The topological polar surface area (TPSA) is 11.0 Å². The molecule has 0 fully saturated rings. The highest BCUT2D eigenvalue weighted by atomic mass is 31.1. The van der Waals surface area contributed by atoms with Gasteiger partial charge < -0.3 is 0 Å². The molecule has 2 aliphatic rings. The summed E-state index contributed by atoms with van der Waals surface area (Å²) in [7, 11) is 0.584. The van der Waals surface area contributed by atoms with Crippen LogP contribution in [0.1, 0.15) is 13.1 Å². The minimum atomic E-state index is 0.111. The van der Waals surface area contributed by atoms with E-state index in [-0.39, 0.29) is 6.17 Å². The summed E-state index contributed by atoms with van der Waals surface area (Å²) in [4.78, 5) is 2.39. The van der Waals surface area contributed by atoms with Crippen LogP contribution < -0.4 is 24.6 Å². The van der Waals surface area contributed by atoms with Crippen LogP contribution in [0.4, 0.5) is 17.3 Å². The van der Waals surface area contributed by atoms with Gasteiger partial charge in [-0.3, -0.25) is 0 Å². The van der Waals surface area contributed by atoms with Crippen molar-refractivity contribution in [1.29, 1.82) is 0 Å². The SMILES string of the molecule is CC1[n+]2c3cccc2N(c2ccccc2)c2cccc([n+]21)-c1ccccc1Pc1ccccc1-3. The van der Waals surface area contributed by atoms with E-state index in [2.05, 4.69) is 136 Å². The fourth-order valence-corrected chi connectivity index (χ4v) is 6.80. The van der Waals surface area contributed by atoms with Crippen LogP contribution in [0.15, 0.2) is 115 Å². The zero-order valence-electron chi connectivity index (χ0n) is 18.9. The average Bonchev–Trinajstić information content (AvgIpc) is 2.89. The summed E-state index contributed by atoms with van der Waals surface area (Å²) in [6, 6.07) is 41.9. The standard InChI is InChI=1S/C30H24N3P/c1-21-31-25-15-9-19-29(31)33(22-11-3-2-4-12-22)30-20-10-16-26(32(21)30)24-14-6-8-18-28(24)34-27-17-7-5-13-23(25)27/h2-21,34H,1H3/q+2. The summed E-state index contributed by atoms with van der Waals surface area (Å²) in [6.45, 7) is 2.32. The maximum Gasteiger partial charge on any atom is 0.293 e. The Morgan fingerprint density at radius 1 is 0.559 bits per heavy atom. The van der Waals surface area contributed by atoms with Crippen molar-refractivity contribution in [2.24, 2.45) is 0 Å². The normalized spacial score (nSPS) is 16.0. The first-order chi connectivity index (χ1) is 16.8. The van der Waals surface area contributed by atoms with Crippen LogP contribution in [0, 0.1) is 0 Å². The maximum absolute atomic E-state index is 2.50. The maximum atomic E-state index is 2.50. The van der Waals surface area contributed by atoms with Crippen molar-refractivity contribution in [3.05, 3.63) is 115 Å². The zero-order valence-corrected chi connectivity index (χ0v) is 19.9. The van der Waals surface area contributed by atoms with E-state index < -0.39 is 0 Å². The highest BCUT2D eigenvalue weighted by Crippen LogP contribution is 2.38. The largest absolute Gasteiger partial charge is 0.293 e. The Labute approximate surface area is 201 Å². The van der Waals surface area contributed by atoms with Crippen LogP contribution in [-0.4, -0.2) is 0 Å². The molecule has 34 heavy (non-hydrogen) atoms. The monoisotopic (exact) mass is 457 g/mol. The molecule has 0 atom stereocenters. The Morgan fingerprint density at radius 2 is 1.06 bits per heavy atom. The van der Waals surface area contributed by atoms with Crippen LogP contribution in [0.2, 0.25) is 0 Å². The minimum absolute atomic E-state index is 0.111. The van der Waals surface area contributed by atoms with Crippen molar-refractivity contribution in [2.75, 3.05) is 4.90 Å². The molecule has 2 aromatic heterocycles. The number of anilines is 3. The van der Waals surface area contributed by atoms with Gasteiger partial charge in [0.25, 0.3) is 11.6 Å². The minimum Gasteiger partial charge on any atom is -0.186 e. The second-order valence-corrected chi connectivity index (χ2v) is 10.1. The lowest BCUT2D eigenvalue weighted by Crippen LogP contribution is -2.64. The zero-order chi connectivity index (χ0) is 22.6. The van der Waals surface area contributed by atoms with Gasteiger partial charge in [-0.25, -0.2) is 0 Å². The first-order valence-corrected chi connectivity index (χ1v) is 12.7. The molecule has 5 aromatic rings. The van der Waals surface area contributed by atoms with E-state index in [1.165, 1.54) is 44.8 Å². The second kappa shape index (κ2) is 7.62. The lowest BCUT2D eigenvalue weighted by atomic mass is 10.1. The number of hydrogen-bond acceptors (Lipinski definition) is 1. The van der Waals surface area contributed by atoms with Gasteiger partial charge in [-0.1, -0.05) is 75.3 Å². The molecule has 0 aliphatic carbocycles. The van der Waals surface area contributed by atoms with Crippen LogP contribution >= 0.6 is 8.58 Å². The van der Waals surface area contributed by atoms with Crippen molar-refractivity contribution in [3.8, 4) is 22.5 Å². The summed E-state index contributed by atoms with van der Waals surface area (Å²) in [5.74, 6) is 2.36. The van der Waals surface area contributed by atoms with E-state index in [1.54, 1.807) is 0 Å². The Bertz CT molecular complexity index is 1460. The Balaban J connectivity index is 1.66. The van der Waals surface area contributed by atoms with E-state index in [0.29, 0.717) is 8.58 Å². The molecule has 3 aromatic carbocycles. The molecule has 0 N–H and O–H groups in total. The predicted molar refractivity (Wildman–Crippen MR) is 140 cm³/mol. The molecule has 3 nitrogen and oxygen atoms in total. The van der Waals surface area contributed by atoms with Gasteiger partial charge in [-0.15, -0.1) is 0 Å². The highest BCUT2D eigenvalue weighted by Gasteiger charge is 2.42. The van der Waals surface area contributed by atoms with Crippen LogP contribution in [0.5, 0.6) is 0 Å². The van der Waals surface area contributed by atoms with Crippen molar-refractivity contribution < 1.29 is 9.13 Å². The first kappa shape index (κ1) is 19.6. The molecular weight excluding hydrogens is 433 g/mol. The van der Waals surface area contributed by atoms with Gasteiger partial charge in [0.1, 0.15) is 17.1 Å². The van der Waals surface area contributed by atoms with Crippen molar-refractivity contribution in [2.45, 2.75) is 13.1 Å². The van der Waals surface area contributed by atoms with E-state index in [0.717, 1.165) is 5.69 Å². The highest BCUT2D eigenvalue weighted by molar-refractivity contribution is 7.56. The number of para-hydroxylation sites is 1. The molecule has 0 saturated carbocycles. The van der Waals surface area contributed by atoms with Crippen molar-refractivity contribution >= 4 is 36.5 Å². The molecule has 0 amide bonds. The first-order valence-electron chi connectivity index (χ1n) is 11.7. The summed E-state index contributed by atoms with van der Waals surface area (Å²) in [5.41, 5.74) is 6.27. The van der Waals surface area contributed by atoms with E-state index in [4.69, 9.17) is 0 Å². The fourth-order valence-electron chi connectivity index (χ4n) is 5.46. The van der Waals surface area contributed by atoms with E-state index in [1.807, 2.05) is 0 Å². The van der Waals surface area contributed by atoms with E-state index in [9.17, 15) is 0 Å². The summed E-state index contributed by atoms with van der Waals surface area (Å²) in [6.07, 6.45) is 0.111. The molecular formula is C30H24N3P+2. The predicted octanol–water partition coefficient (Wildman–Crippen LogP) is 5.39. The smallest absolute Gasteiger partial charge is 0.186 e. The lowest BCUT2D eigenvalue weighted by Gasteiger charge is -2.31. The molecule has 7 rings (SSSR count). The molecule has 162 valence electrons. The van der Waals surface area contributed by atoms with Gasteiger partial charge in [0.2, 0.25) is 6.17 Å². The van der Waals surface area contributed by atoms with Gasteiger partial charge in [-0.05, 0) is 47.0 Å². The number of benzene rings is 3. The van der Waals surface area contributed by atoms with Gasteiger partial charge in [0.15, 0.2) is 0 Å². The third kappa shape index (κ3) is 2.81. The molecule has 0 radical (unpaired) electrons. The van der Waals surface area contributed by atoms with Gasteiger partial charge in [0.05, 0.1) is 0 Å². The molecule has 0 unspecified atom stereocenters. The number of aromatic nitrogens is 2. The molecule has 4 heteroatoms. The molecule has 2 bridgehead atoms. The Kier molecular flexibility index (Phi) is 4.40. The van der Waals surface area contributed by atoms with Crippen molar-refractivity contribution in [3.63, 3.8) is 0 Å². The van der Waals surface area contributed by atoms with Crippen LogP contribution in [0.3, 0.4) is 0 Å². The molecule has 2 aliphatic heterocycles. The lowest BCUT2D eigenvalue weighted by molar-refractivity contribution is -0.927. The number of hydrogen-bond donors (Lipinski definition) is 0. The third-order valence-electron chi connectivity index (χ3n) is 6.91. The molecule has 0 saturated heterocycles. The average molecular weight is 458 g/mol.